The molecule has 1 aliphatic rings. The van der Waals surface area contributed by atoms with Gasteiger partial charge in [-0.2, -0.15) is 0 Å². The molecule has 0 heterocycles. The maximum absolute atomic E-state index is 13.0. The van der Waals surface area contributed by atoms with Crippen molar-refractivity contribution in [2.45, 2.75) is 42.7 Å². The monoisotopic (exact) mass is 273 g/mol. The maximum Gasteiger partial charge on any atom is 0.240 e. The third-order valence-electron chi connectivity index (χ3n) is 3.07. The van der Waals surface area contributed by atoms with Gasteiger partial charge in [-0.1, -0.05) is 6.07 Å². The molecule has 100 valence electrons. The number of rotatable bonds is 3. The van der Waals surface area contributed by atoms with Gasteiger partial charge in [0.1, 0.15) is 5.82 Å². The van der Waals surface area contributed by atoms with Crippen LogP contribution in [0.25, 0.3) is 0 Å². The number of halogens is 1. The number of aliphatic hydroxyl groups is 1. The second-order valence-corrected chi connectivity index (χ2v) is 6.31. The van der Waals surface area contributed by atoms with Gasteiger partial charge in [0.15, 0.2) is 0 Å². The first-order chi connectivity index (χ1) is 8.47. The molecule has 0 aliphatic heterocycles. The van der Waals surface area contributed by atoms with Crippen LogP contribution in [0.3, 0.4) is 0 Å². The molecule has 2 rings (SSSR count). The average Bonchev–Trinajstić information content (AvgIpc) is 2.28. The van der Waals surface area contributed by atoms with E-state index in [-0.39, 0.29) is 10.9 Å². The Morgan fingerprint density at radius 2 is 2.11 bits per heavy atom. The zero-order valence-electron chi connectivity index (χ0n) is 9.84. The first kappa shape index (κ1) is 13.5. The molecule has 2 N–H and O–H groups in total. The van der Waals surface area contributed by atoms with Crippen molar-refractivity contribution in [3.63, 3.8) is 0 Å². The predicted molar refractivity (Wildman–Crippen MR) is 65.0 cm³/mol. The van der Waals surface area contributed by atoms with Gasteiger partial charge in [0.05, 0.1) is 11.0 Å². The van der Waals surface area contributed by atoms with Gasteiger partial charge in [-0.05, 0) is 43.9 Å². The third kappa shape index (κ3) is 3.28. The van der Waals surface area contributed by atoms with E-state index in [1.807, 2.05) is 0 Å². The summed E-state index contributed by atoms with van der Waals surface area (Å²) in [6, 6.07) is 4.62. The third-order valence-corrected chi connectivity index (χ3v) is 4.59. The number of sulfonamides is 1. The molecule has 0 amide bonds. The fourth-order valence-corrected chi connectivity index (χ4v) is 3.51. The molecule has 1 saturated carbocycles. The number of hydrogen-bond donors (Lipinski definition) is 2. The molecule has 1 fully saturated rings. The topological polar surface area (TPSA) is 66.4 Å². The summed E-state index contributed by atoms with van der Waals surface area (Å²) < 4.78 is 39.5. The van der Waals surface area contributed by atoms with Crippen molar-refractivity contribution in [1.82, 2.24) is 4.72 Å². The maximum atomic E-state index is 13.0. The van der Waals surface area contributed by atoms with E-state index in [2.05, 4.69) is 4.72 Å². The normalized spacial score (nSPS) is 25.0. The minimum absolute atomic E-state index is 0.0810. The van der Waals surface area contributed by atoms with Gasteiger partial charge in [0, 0.05) is 6.04 Å². The molecular formula is C12H16FNO3S. The summed E-state index contributed by atoms with van der Waals surface area (Å²) in [6.07, 6.45) is 2.15. The summed E-state index contributed by atoms with van der Waals surface area (Å²) in [5.41, 5.74) is 0. The molecule has 2 atom stereocenters. The quantitative estimate of drug-likeness (QED) is 0.875. The summed E-state index contributed by atoms with van der Waals surface area (Å²) in [7, 11) is -3.71. The summed E-state index contributed by atoms with van der Waals surface area (Å²) in [5.74, 6) is -0.582. The van der Waals surface area contributed by atoms with Gasteiger partial charge in [0.25, 0.3) is 0 Å². The number of aliphatic hydroxyl groups excluding tert-OH is 1. The number of hydrogen-bond acceptors (Lipinski definition) is 3. The van der Waals surface area contributed by atoms with E-state index in [4.69, 9.17) is 0 Å². The number of nitrogens with one attached hydrogen (secondary N) is 1. The van der Waals surface area contributed by atoms with E-state index >= 15 is 0 Å². The van der Waals surface area contributed by atoms with Crippen LogP contribution in [0.1, 0.15) is 25.7 Å². The summed E-state index contributed by atoms with van der Waals surface area (Å²) >= 11 is 0. The van der Waals surface area contributed by atoms with E-state index in [0.29, 0.717) is 19.3 Å². The van der Waals surface area contributed by atoms with Crippen molar-refractivity contribution in [2.75, 3.05) is 0 Å². The van der Waals surface area contributed by atoms with Gasteiger partial charge in [-0.15, -0.1) is 0 Å². The predicted octanol–water partition coefficient (Wildman–Crippen LogP) is 1.41. The first-order valence-electron chi connectivity index (χ1n) is 5.93. The Morgan fingerprint density at radius 3 is 2.78 bits per heavy atom. The minimum Gasteiger partial charge on any atom is -0.393 e. The fraction of sp³-hybridized carbons (Fsp3) is 0.500. The smallest absolute Gasteiger partial charge is 0.240 e. The molecule has 1 aliphatic carbocycles. The summed E-state index contributed by atoms with van der Waals surface area (Å²) in [5, 5.41) is 9.50. The molecule has 6 heteroatoms. The number of benzene rings is 1. The zero-order chi connectivity index (χ0) is 13.2. The van der Waals surface area contributed by atoms with Crippen molar-refractivity contribution >= 4 is 10.0 Å². The Hall–Kier alpha value is -0.980. The second kappa shape index (κ2) is 5.34. The molecule has 0 saturated heterocycles. The molecule has 0 unspecified atom stereocenters. The molecule has 4 nitrogen and oxygen atoms in total. The molecule has 0 radical (unpaired) electrons. The molecule has 18 heavy (non-hydrogen) atoms. The van der Waals surface area contributed by atoms with E-state index in [1.165, 1.54) is 18.2 Å². The van der Waals surface area contributed by atoms with Crippen LogP contribution in [-0.2, 0) is 10.0 Å². The van der Waals surface area contributed by atoms with Crippen LogP contribution in [0.5, 0.6) is 0 Å². The average molecular weight is 273 g/mol. The van der Waals surface area contributed by atoms with Gasteiger partial charge < -0.3 is 5.11 Å². The SMILES string of the molecule is O=S(=O)(N[C@@H]1CCC[C@H](O)C1)c1cccc(F)c1. The first-order valence-corrected chi connectivity index (χ1v) is 7.41. The Kier molecular flexibility index (Phi) is 3.99. The Balaban J connectivity index is 2.12. The highest BCUT2D eigenvalue weighted by molar-refractivity contribution is 7.89. The Bertz CT molecular complexity index is 518. The van der Waals surface area contributed by atoms with Crippen LogP contribution in [0.15, 0.2) is 29.2 Å². The van der Waals surface area contributed by atoms with Crippen LogP contribution in [0.2, 0.25) is 0 Å². The lowest BCUT2D eigenvalue weighted by Crippen LogP contribution is -2.39. The lowest BCUT2D eigenvalue weighted by Gasteiger charge is -2.26. The molecule has 0 aromatic heterocycles. The lowest BCUT2D eigenvalue weighted by atomic mass is 9.94. The summed E-state index contributed by atoms with van der Waals surface area (Å²) in [4.78, 5) is -0.0810. The van der Waals surface area contributed by atoms with Crippen molar-refractivity contribution in [3.8, 4) is 0 Å². The highest BCUT2D eigenvalue weighted by atomic mass is 32.2. The highest BCUT2D eigenvalue weighted by Gasteiger charge is 2.25. The van der Waals surface area contributed by atoms with Gasteiger partial charge in [0.2, 0.25) is 10.0 Å². The van der Waals surface area contributed by atoms with Gasteiger partial charge >= 0.3 is 0 Å². The van der Waals surface area contributed by atoms with E-state index in [9.17, 15) is 17.9 Å². The van der Waals surface area contributed by atoms with Crippen molar-refractivity contribution in [2.24, 2.45) is 0 Å². The van der Waals surface area contributed by atoms with E-state index in [0.717, 1.165) is 12.5 Å². The van der Waals surface area contributed by atoms with Crippen LogP contribution in [0, 0.1) is 5.82 Å². The van der Waals surface area contributed by atoms with E-state index in [1.54, 1.807) is 0 Å². The Labute approximate surface area is 106 Å². The van der Waals surface area contributed by atoms with Gasteiger partial charge in [-0.3, -0.25) is 0 Å². The lowest BCUT2D eigenvalue weighted by molar-refractivity contribution is 0.117. The standard InChI is InChI=1S/C12H16FNO3S/c13-9-3-1-6-12(7-9)18(16,17)14-10-4-2-5-11(15)8-10/h1,3,6-7,10-11,14-15H,2,4-5,8H2/t10-,11+/m1/s1. The molecule has 0 bridgehead atoms. The van der Waals surface area contributed by atoms with E-state index < -0.39 is 21.9 Å². The molecular weight excluding hydrogens is 257 g/mol. The largest absolute Gasteiger partial charge is 0.393 e. The van der Waals surface area contributed by atoms with Crippen molar-refractivity contribution in [3.05, 3.63) is 30.1 Å². The van der Waals surface area contributed by atoms with Crippen LogP contribution < -0.4 is 4.72 Å². The summed E-state index contributed by atoms with van der Waals surface area (Å²) in [6.45, 7) is 0. The Morgan fingerprint density at radius 1 is 1.33 bits per heavy atom. The molecule has 1 aromatic carbocycles. The van der Waals surface area contributed by atoms with Gasteiger partial charge in [-0.25, -0.2) is 17.5 Å². The van der Waals surface area contributed by atoms with Crippen LogP contribution >= 0.6 is 0 Å². The second-order valence-electron chi connectivity index (χ2n) is 4.60. The van der Waals surface area contributed by atoms with Crippen molar-refractivity contribution < 1.29 is 17.9 Å². The molecule has 0 spiro atoms. The highest BCUT2D eigenvalue weighted by Crippen LogP contribution is 2.20. The fourth-order valence-electron chi connectivity index (χ4n) is 2.19. The van der Waals surface area contributed by atoms with Crippen LogP contribution in [0.4, 0.5) is 4.39 Å². The van der Waals surface area contributed by atoms with Crippen LogP contribution in [-0.4, -0.2) is 25.7 Å². The zero-order valence-corrected chi connectivity index (χ0v) is 10.7. The minimum atomic E-state index is -3.71. The van der Waals surface area contributed by atoms with Crippen molar-refractivity contribution in [1.29, 1.82) is 0 Å². The molecule has 1 aromatic rings.